The SMILES string of the molecule is CCCc1ccc(C(=O)NC2CCN(CC(=O)N3CCN(C4CCC4)CC3)CC2)cc1. The van der Waals surface area contributed by atoms with E-state index in [9.17, 15) is 9.59 Å². The zero-order valence-corrected chi connectivity index (χ0v) is 19.0. The monoisotopic (exact) mass is 426 g/mol. The molecule has 0 bridgehead atoms. The molecular formula is C25H38N4O2. The molecule has 4 rings (SSSR count). The summed E-state index contributed by atoms with van der Waals surface area (Å²) in [4.78, 5) is 32.2. The number of carbonyl (C=O) groups excluding carboxylic acids is 2. The first-order chi connectivity index (χ1) is 15.1. The first-order valence-electron chi connectivity index (χ1n) is 12.3. The van der Waals surface area contributed by atoms with Gasteiger partial charge in [0, 0.05) is 56.9 Å². The Labute approximate surface area is 187 Å². The van der Waals surface area contributed by atoms with Crippen molar-refractivity contribution in [2.45, 2.75) is 64.0 Å². The third-order valence-corrected chi connectivity index (χ3v) is 7.29. The summed E-state index contributed by atoms with van der Waals surface area (Å²) < 4.78 is 0. The maximum Gasteiger partial charge on any atom is 0.251 e. The van der Waals surface area contributed by atoms with E-state index in [-0.39, 0.29) is 17.9 Å². The summed E-state index contributed by atoms with van der Waals surface area (Å²) in [6.45, 7) is 8.23. The Hall–Kier alpha value is -1.92. The Balaban J connectivity index is 1.16. The molecule has 1 N–H and O–H groups in total. The molecule has 0 atom stereocenters. The van der Waals surface area contributed by atoms with Gasteiger partial charge in [-0.05, 0) is 49.8 Å². The van der Waals surface area contributed by atoms with Gasteiger partial charge in [-0.3, -0.25) is 19.4 Å². The molecule has 31 heavy (non-hydrogen) atoms. The second kappa shape index (κ2) is 10.6. The molecule has 170 valence electrons. The highest BCUT2D eigenvalue weighted by Gasteiger charge is 2.30. The molecule has 2 saturated heterocycles. The fraction of sp³-hybridized carbons (Fsp3) is 0.680. The molecule has 1 aliphatic carbocycles. The summed E-state index contributed by atoms with van der Waals surface area (Å²) >= 11 is 0. The molecule has 1 aromatic rings. The van der Waals surface area contributed by atoms with Crippen molar-refractivity contribution in [3.8, 4) is 0 Å². The van der Waals surface area contributed by atoms with Crippen molar-refractivity contribution in [1.82, 2.24) is 20.0 Å². The van der Waals surface area contributed by atoms with Gasteiger partial charge in [0.25, 0.3) is 5.91 Å². The van der Waals surface area contributed by atoms with Gasteiger partial charge in [-0.15, -0.1) is 0 Å². The van der Waals surface area contributed by atoms with Crippen LogP contribution in [0.5, 0.6) is 0 Å². The molecule has 0 unspecified atom stereocenters. The first kappa shape index (κ1) is 22.3. The van der Waals surface area contributed by atoms with E-state index >= 15 is 0 Å². The van der Waals surface area contributed by atoms with Crippen LogP contribution in [-0.2, 0) is 11.2 Å². The number of hydrogen-bond acceptors (Lipinski definition) is 4. The lowest BCUT2D eigenvalue weighted by Crippen LogP contribution is -2.55. The highest BCUT2D eigenvalue weighted by atomic mass is 16.2. The molecule has 2 amide bonds. The largest absolute Gasteiger partial charge is 0.349 e. The number of carbonyl (C=O) groups is 2. The predicted octanol–water partition coefficient (Wildman–Crippen LogP) is 2.53. The summed E-state index contributed by atoms with van der Waals surface area (Å²) in [7, 11) is 0. The van der Waals surface area contributed by atoms with Crippen molar-refractivity contribution in [3.05, 3.63) is 35.4 Å². The minimum atomic E-state index is 0.0157. The van der Waals surface area contributed by atoms with Gasteiger partial charge in [0.2, 0.25) is 5.91 Å². The molecule has 1 saturated carbocycles. The van der Waals surface area contributed by atoms with Crippen LogP contribution in [0.2, 0.25) is 0 Å². The summed E-state index contributed by atoms with van der Waals surface area (Å²) in [5, 5.41) is 3.18. The summed E-state index contributed by atoms with van der Waals surface area (Å²) in [6, 6.07) is 8.94. The summed E-state index contributed by atoms with van der Waals surface area (Å²) in [6.07, 6.45) is 8.02. The zero-order valence-electron chi connectivity index (χ0n) is 19.0. The van der Waals surface area contributed by atoms with Crippen molar-refractivity contribution in [1.29, 1.82) is 0 Å². The molecule has 1 aromatic carbocycles. The topological polar surface area (TPSA) is 55.9 Å². The number of piperazine rings is 1. The highest BCUT2D eigenvalue weighted by Crippen LogP contribution is 2.25. The standard InChI is InChI=1S/C25H38N4O2/c1-2-4-20-7-9-21(10-8-20)25(31)26-22-11-13-27(14-12-22)19-24(30)29-17-15-28(16-18-29)23-5-3-6-23/h7-10,22-23H,2-6,11-19H2,1H3,(H,26,31). The molecule has 3 fully saturated rings. The first-order valence-corrected chi connectivity index (χ1v) is 12.3. The number of amides is 2. The number of likely N-dealkylation sites (tertiary alicyclic amines) is 1. The van der Waals surface area contributed by atoms with Gasteiger partial charge >= 0.3 is 0 Å². The van der Waals surface area contributed by atoms with Crippen molar-refractivity contribution in [2.75, 3.05) is 45.8 Å². The van der Waals surface area contributed by atoms with E-state index in [2.05, 4.69) is 34.2 Å². The number of nitrogens with one attached hydrogen (secondary N) is 1. The van der Waals surface area contributed by atoms with E-state index in [4.69, 9.17) is 0 Å². The van der Waals surface area contributed by atoms with E-state index in [0.717, 1.165) is 76.6 Å². The third-order valence-electron chi connectivity index (χ3n) is 7.29. The number of piperidine rings is 1. The molecular weight excluding hydrogens is 388 g/mol. The quantitative estimate of drug-likeness (QED) is 0.728. The fourth-order valence-electron chi connectivity index (χ4n) is 5.00. The normalized spacial score (nSPS) is 21.6. The third kappa shape index (κ3) is 5.86. The van der Waals surface area contributed by atoms with Crippen molar-refractivity contribution in [2.24, 2.45) is 0 Å². The second-order valence-electron chi connectivity index (χ2n) is 9.47. The minimum Gasteiger partial charge on any atom is -0.349 e. The zero-order chi connectivity index (χ0) is 21.6. The maximum atomic E-state index is 12.7. The van der Waals surface area contributed by atoms with Crippen LogP contribution >= 0.6 is 0 Å². The van der Waals surface area contributed by atoms with Crippen LogP contribution in [0.3, 0.4) is 0 Å². The van der Waals surface area contributed by atoms with Crippen molar-refractivity contribution < 1.29 is 9.59 Å². The van der Waals surface area contributed by atoms with E-state index < -0.39 is 0 Å². The van der Waals surface area contributed by atoms with Crippen LogP contribution in [0.25, 0.3) is 0 Å². The Morgan fingerprint density at radius 2 is 1.61 bits per heavy atom. The van der Waals surface area contributed by atoms with E-state index in [1.807, 2.05) is 17.0 Å². The van der Waals surface area contributed by atoms with Gasteiger partial charge in [0.05, 0.1) is 6.54 Å². The lowest BCUT2D eigenvalue weighted by Gasteiger charge is -2.43. The molecule has 0 spiro atoms. The molecule has 2 aliphatic heterocycles. The van der Waals surface area contributed by atoms with E-state index in [1.165, 1.54) is 24.8 Å². The van der Waals surface area contributed by atoms with E-state index in [1.54, 1.807) is 0 Å². The average molecular weight is 427 g/mol. The Kier molecular flexibility index (Phi) is 7.62. The maximum absolute atomic E-state index is 12.7. The lowest BCUT2D eigenvalue weighted by atomic mass is 9.91. The van der Waals surface area contributed by atoms with Gasteiger partial charge in [-0.25, -0.2) is 0 Å². The van der Waals surface area contributed by atoms with Gasteiger partial charge in [0.15, 0.2) is 0 Å². The molecule has 0 aromatic heterocycles. The number of benzene rings is 1. The van der Waals surface area contributed by atoms with Gasteiger partial charge < -0.3 is 10.2 Å². The number of rotatable bonds is 7. The van der Waals surface area contributed by atoms with Crippen LogP contribution in [-0.4, -0.2) is 84.4 Å². The number of hydrogen-bond donors (Lipinski definition) is 1. The van der Waals surface area contributed by atoms with Gasteiger partial charge in [0.1, 0.15) is 0 Å². The number of nitrogens with zero attached hydrogens (tertiary/aromatic N) is 3. The molecule has 6 nitrogen and oxygen atoms in total. The van der Waals surface area contributed by atoms with E-state index in [0.29, 0.717) is 6.54 Å². The van der Waals surface area contributed by atoms with Crippen LogP contribution < -0.4 is 5.32 Å². The number of aryl methyl sites for hydroxylation is 1. The smallest absolute Gasteiger partial charge is 0.251 e. The van der Waals surface area contributed by atoms with Crippen molar-refractivity contribution >= 4 is 11.8 Å². The van der Waals surface area contributed by atoms with Crippen LogP contribution in [0, 0.1) is 0 Å². The average Bonchev–Trinajstić information content (AvgIpc) is 2.75. The summed E-state index contributed by atoms with van der Waals surface area (Å²) in [5.74, 6) is 0.282. The van der Waals surface area contributed by atoms with Crippen molar-refractivity contribution in [3.63, 3.8) is 0 Å². The summed E-state index contributed by atoms with van der Waals surface area (Å²) in [5.41, 5.74) is 2.01. The fourth-order valence-corrected chi connectivity index (χ4v) is 5.00. The predicted molar refractivity (Wildman–Crippen MR) is 123 cm³/mol. The Bertz CT molecular complexity index is 730. The van der Waals surface area contributed by atoms with Crippen LogP contribution in [0.4, 0.5) is 0 Å². The minimum absolute atomic E-state index is 0.0157. The highest BCUT2D eigenvalue weighted by molar-refractivity contribution is 5.94. The van der Waals surface area contributed by atoms with Crippen LogP contribution in [0.15, 0.2) is 24.3 Å². The van der Waals surface area contributed by atoms with Crippen LogP contribution in [0.1, 0.15) is 61.4 Å². The molecule has 2 heterocycles. The second-order valence-corrected chi connectivity index (χ2v) is 9.47. The molecule has 0 radical (unpaired) electrons. The molecule has 6 heteroatoms. The lowest BCUT2D eigenvalue weighted by molar-refractivity contribution is -0.135. The van der Waals surface area contributed by atoms with Gasteiger partial charge in [-0.1, -0.05) is 31.9 Å². The Morgan fingerprint density at radius 1 is 0.935 bits per heavy atom. The molecule has 3 aliphatic rings. The Morgan fingerprint density at radius 3 is 2.19 bits per heavy atom. The van der Waals surface area contributed by atoms with Gasteiger partial charge in [-0.2, -0.15) is 0 Å².